The zero-order valence-corrected chi connectivity index (χ0v) is 11.9. The van der Waals surface area contributed by atoms with Crippen molar-refractivity contribution in [1.29, 1.82) is 0 Å². The van der Waals surface area contributed by atoms with Crippen molar-refractivity contribution in [2.24, 2.45) is 0 Å². The Balaban J connectivity index is 1.58. The molecule has 1 unspecified atom stereocenters. The van der Waals surface area contributed by atoms with Gasteiger partial charge in [0.05, 0.1) is 6.54 Å². The predicted octanol–water partition coefficient (Wildman–Crippen LogP) is 1.96. The molecule has 5 nitrogen and oxygen atoms in total. The first-order valence-corrected chi connectivity index (χ1v) is 7.05. The first kappa shape index (κ1) is 12.6. The Labute approximate surface area is 118 Å². The third kappa shape index (κ3) is 2.96. The number of fused-ring (bicyclic) bond motifs is 1. The van der Waals surface area contributed by atoms with Crippen LogP contribution in [0, 0.1) is 0 Å². The summed E-state index contributed by atoms with van der Waals surface area (Å²) in [5.41, 5.74) is 1.63. The van der Waals surface area contributed by atoms with E-state index in [0.717, 1.165) is 28.5 Å². The van der Waals surface area contributed by atoms with Crippen molar-refractivity contribution in [3.8, 4) is 0 Å². The number of benzene rings is 1. The molecule has 3 rings (SSSR count). The van der Waals surface area contributed by atoms with Gasteiger partial charge in [0.1, 0.15) is 5.52 Å². The van der Waals surface area contributed by atoms with Crippen molar-refractivity contribution >= 4 is 32.9 Å². The highest BCUT2D eigenvalue weighted by Crippen LogP contribution is 2.20. The molecule has 1 aromatic carbocycles. The Kier molecular flexibility index (Phi) is 3.52. The van der Waals surface area contributed by atoms with E-state index in [2.05, 4.69) is 31.5 Å². The standard InChI is InChI=1S/C13H14BrN3O2/c14-8-1-3-11-10(5-8)17-13(19-11)7-15-6-9-2-4-12(18)16-9/h1,3,5,9,15H,2,4,6-7H2,(H,16,18). The van der Waals surface area contributed by atoms with E-state index >= 15 is 0 Å². The van der Waals surface area contributed by atoms with E-state index in [1.54, 1.807) is 0 Å². The van der Waals surface area contributed by atoms with Gasteiger partial charge in [0.2, 0.25) is 11.8 Å². The molecule has 1 aliphatic heterocycles. The second-order valence-corrected chi connectivity index (χ2v) is 5.57. The second-order valence-electron chi connectivity index (χ2n) is 4.65. The smallest absolute Gasteiger partial charge is 0.220 e. The molecule has 1 amide bonds. The van der Waals surface area contributed by atoms with Crippen LogP contribution in [-0.4, -0.2) is 23.5 Å². The molecule has 2 heterocycles. The van der Waals surface area contributed by atoms with Gasteiger partial charge in [-0.1, -0.05) is 15.9 Å². The zero-order valence-electron chi connectivity index (χ0n) is 10.3. The Morgan fingerprint density at radius 3 is 3.21 bits per heavy atom. The monoisotopic (exact) mass is 323 g/mol. The van der Waals surface area contributed by atoms with Crippen molar-refractivity contribution in [3.63, 3.8) is 0 Å². The van der Waals surface area contributed by atoms with Crippen LogP contribution in [0.5, 0.6) is 0 Å². The van der Waals surface area contributed by atoms with Crippen LogP contribution in [0.4, 0.5) is 0 Å². The molecule has 1 aliphatic rings. The van der Waals surface area contributed by atoms with Gasteiger partial charge in [-0.05, 0) is 24.6 Å². The lowest BCUT2D eigenvalue weighted by atomic mass is 10.2. The summed E-state index contributed by atoms with van der Waals surface area (Å²) in [6, 6.07) is 5.98. The topological polar surface area (TPSA) is 67.2 Å². The zero-order chi connectivity index (χ0) is 13.2. The lowest BCUT2D eigenvalue weighted by Crippen LogP contribution is -2.35. The fourth-order valence-electron chi connectivity index (χ4n) is 2.21. The van der Waals surface area contributed by atoms with Gasteiger partial charge in [0.25, 0.3) is 0 Å². The molecule has 6 heteroatoms. The highest BCUT2D eigenvalue weighted by atomic mass is 79.9. The van der Waals surface area contributed by atoms with E-state index in [4.69, 9.17) is 4.42 Å². The number of hydrogen-bond acceptors (Lipinski definition) is 4. The average molecular weight is 324 g/mol. The number of amides is 1. The molecule has 1 saturated heterocycles. The first-order valence-electron chi connectivity index (χ1n) is 6.26. The van der Waals surface area contributed by atoms with E-state index < -0.39 is 0 Å². The summed E-state index contributed by atoms with van der Waals surface area (Å²) in [6.45, 7) is 1.31. The summed E-state index contributed by atoms with van der Waals surface area (Å²) in [4.78, 5) is 15.5. The van der Waals surface area contributed by atoms with Gasteiger partial charge in [-0.25, -0.2) is 4.98 Å². The molecule has 1 aromatic heterocycles. The predicted molar refractivity (Wildman–Crippen MR) is 74.6 cm³/mol. The van der Waals surface area contributed by atoms with Crippen molar-refractivity contribution < 1.29 is 9.21 Å². The maximum Gasteiger partial charge on any atom is 0.220 e. The number of hydrogen-bond donors (Lipinski definition) is 2. The molecule has 100 valence electrons. The lowest BCUT2D eigenvalue weighted by molar-refractivity contribution is -0.119. The quantitative estimate of drug-likeness (QED) is 0.902. The number of rotatable bonds is 4. The molecule has 0 aliphatic carbocycles. The van der Waals surface area contributed by atoms with E-state index in [-0.39, 0.29) is 11.9 Å². The highest BCUT2D eigenvalue weighted by molar-refractivity contribution is 9.10. The molecule has 2 N–H and O–H groups in total. The number of carbonyl (C=O) groups excluding carboxylic acids is 1. The minimum atomic E-state index is 0.138. The molecule has 0 radical (unpaired) electrons. The number of oxazole rings is 1. The maximum atomic E-state index is 11.1. The Morgan fingerprint density at radius 2 is 2.42 bits per heavy atom. The summed E-state index contributed by atoms with van der Waals surface area (Å²) in [5.74, 6) is 0.802. The van der Waals surface area contributed by atoms with Crippen molar-refractivity contribution in [2.75, 3.05) is 6.54 Å². The largest absolute Gasteiger partial charge is 0.439 e. The van der Waals surface area contributed by atoms with Crippen molar-refractivity contribution in [2.45, 2.75) is 25.4 Å². The van der Waals surface area contributed by atoms with E-state index in [9.17, 15) is 4.79 Å². The molecule has 0 bridgehead atoms. The normalized spacial score (nSPS) is 19.0. The molecule has 19 heavy (non-hydrogen) atoms. The summed E-state index contributed by atoms with van der Waals surface area (Å²) >= 11 is 3.41. The van der Waals surface area contributed by atoms with Crippen LogP contribution in [0.15, 0.2) is 27.1 Å². The Morgan fingerprint density at radius 1 is 1.53 bits per heavy atom. The van der Waals surface area contributed by atoms with Crippen LogP contribution in [-0.2, 0) is 11.3 Å². The molecular weight excluding hydrogens is 310 g/mol. The van der Waals surface area contributed by atoms with Crippen molar-refractivity contribution in [3.05, 3.63) is 28.6 Å². The van der Waals surface area contributed by atoms with E-state index in [1.807, 2.05) is 18.2 Å². The van der Waals surface area contributed by atoms with Gasteiger partial charge < -0.3 is 15.1 Å². The molecule has 0 saturated carbocycles. The van der Waals surface area contributed by atoms with Crippen LogP contribution in [0.3, 0.4) is 0 Å². The minimum absolute atomic E-state index is 0.138. The SMILES string of the molecule is O=C1CCC(CNCc2nc3cc(Br)ccc3o2)N1. The minimum Gasteiger partial charge on any atom is -0.439 e. The summed E-state index contributed by atoms with van der Waals surface area (Å²) < 4.78 is 6.61. The highest BCUT2D eigenvalue weighted by Gasteiger charge is 2.20. The number of carbonyl (C=O) groups is 1. The average Bonchev–Trinajstić information content (AvgIpc) is 2.95. The van der Waals surface area contributed by atoms with Gasteiger partial charge in [0.15, 0.2) is 5.58 Å². The van der Waals surface area contributed by atoms with Crippen LogP contribution >= 0.6 is 15.9 Å². The Bertz CT molecular complexity index is 611. The second kappa shape index (κ2) is 5.30. The van der Waals surface area contributed by atoms with Crippen LogP contribution in [0.1, 0.15) is 18.7 Å². The summed E-state index contributed by atoms with van der Waals surface area (Å²) in [7, 11) is 0. The van der Waals surface area contributed by atoms with E-state index in [1.165, 1.54) is 0 Å². The van der Waals surface area contributed by atoms with Gasteiger partial charge in [-0.2, -0.15) is 0 Å². The van der Waals surface area contributed by atoms with Gasteiger partial charge in [0, 0.05) is 23.5 Å². The van der Waals surface area contributed by atoms with Crippen molar-refractivity contribution in [1.82, 2.24) is 15.6 Å². The lowest BCUT2D eigenvalue weighted by Gasteiger charge is -2.09. The third-order valence-electron chi connectivity index (χ3n) is 3.15. The molecule has 2 aromatic rings. The third-order valence-corrected chi connectivity index (χ3v) is 3.64. The Hall–Kier alpha value is -1.40. The van der Waals surface area contributed by atoms with Gasteiger partial charge in [-0.3, -0.25) is 4.79 Å². The summed E-state index contributed by atoms with van der Waals surface area (Å²) in [5, 5.41) is 6.17. The first-order chi connectivity index (χ1) is 9.20. The van der Waals surface area contributed by atoms with E-state index in [0.29, 0.717) is 18.9 Å². The van der Waals surface area contributed by atoms with Gasteiger partial charge in [-0.15, -0.1) is 0 Å². The fraction of sp³-hybridized carbons (Fsp3) is 0.385. The summed E-state index contributed by atoms with van der Waals surface area (Å²) in [6.07, 6.45) is 1.52. The molecule has 1 fully saturated rings. The number of nitrogens with one attached hydrogen (secondary N) is 2. The fourth-order valence-corrected chi connectivity index (χ4v) is 2.56. The molecular formula is C13H14BrN3O2. The number of aromatic nitrogens is 1. The molecule has 0 spiro atoms. The van der Waals surface area contributed by atoms with Gasteiger partial charge >= 0.3 is 0 Å². The van der Waals surface area contributed by atoms with Crippen LogP contribution in [0.2, 0.25) is 0 Å². The maximum absolute atomic E-state index is 11.1. The number of halogens is 1. The van der Waals surface area contributed by atoms with Crippen LogP contribution < -0.4 is 10.6 Å². The molecule has 1 atom stereocenters. The van der Waals surface area contributed by atoms with Crippen LogP contribution in [0.25, 0.3) is 11.1 Å². The number of nitrogens with zero attached hydrogens (tertiary/aromatic N) is 1.